The van der Waals surface area contributed by atoms with E-state index in [9.17, 15) is 9.59 Å². The zero-order valence-corrected chi connectivity index (χ0v) is 14.2. The summed E-state index contributed by atoms with van der Waals surface area (Å²) < 4.78 is 0. The fraction of sp³-hybridized carbons (Fsp3) is 0.556. The molecule has 4 nitrogen and oxygen atoms in total. The van der Waals surface area contributed by atoms with Crippen molar-refractivity contribution < 1.29 is 9.59 Å². The van der Waals surface area contributed by atoms with E-state index in [0.29, 0.717) is 23.6 Å². The third-order valence-corrected chi connectivity index (χ3v) is 3.60. The quantitative estimate of drug-likeness (QED) is 0.801. The standard InChI is InChI=1S/C18H28N2O2/c1-5-6-13-20(4)18(22)16-9-7-15(8-10-16)17(21)19-12-11-14(2)3/h7-10,14H,5-6,11-13H2,1-4H3,(H,19,21). The minimum atomic E-state index is -0.0843. The number of hydrogen-bond donors (Lipinski definition) is 1. The first-order valence-electron chi connectivity index (χ1n) is 8.09. The summed E-state index contributed by atoms with van der Waals surface area (Å²) in [5.74, 6) is 0.484. The molecule has 1 N–H and O–H groups in total. The van der Waals surface area contributed by atoms with E-state index in [4.69, 9.17) is 0 Å². The number of carbonyl (C=O) groups is 2. The molecule has 0 radical (unpaired) electrons. The van der Waals surface area contributed by atoms with Crippen LogP contribution in [0.2, 0.25) is 0 Å². The predicted octanol–water partition coefficient (Wildman–Crippen LogP) is 3.33. The van der Waals surface area contributed by atoms with Gasteiger partial charge in [0, 0.05) is 31.3 Å². The highest BCUT2D eigenvalue weighted by atomic mass is 16.2. The number of unbranched alkanes of at least 4 members (excludes halogenated alkanes) is 1. The van der Waals surface area contributed by atoms with E-state index in [1.54, 1.807) is 29.2 Å². The molecule has 2 amide bonds. The Labute approximate surface area is 133 Å². The van der Waals surface area contributed by atoms with Crippen LogP contribution in [0.4, 0.5) is 0 Å². The Hall–Kier alpha value is -1.84. The van der Waals surface area contributed by atoms with Gasteiger partial charge in [0.1, 0.15) is 0 Å². The molecule has 1 aromatic carbocycles. The van der Waals surface area contributed by atoms with Gasteiger partial charge in [0.25, 0.3) is 11.8 Å². The summed E-state index contributed by atoms with van der Waals surface area (Å²) in [6, 6.07) is 6.88. The van der Waals surface area contributed by atoms with Crippen molar-refractivity contribution in [2.45, 2.75) is 40.0 Å². The minimum absolute atomic E-state index is 0.000200. The van der Waals surface area contributed by atoms with Crippen molar-refractivity contribution in [3.63, 3.8) is 0 Å². The number of carbonyl (C=O) groups excluding carboxylic acids is 2. The number of amides is 2. The molecule has 0 heterocycles. The van der Waals surface area contributed by atoms with Gasteiger partial charge in [0.15, 0.2) is 0 Å². The van der Waals surface area contributed by atoms with Gasteiger partial charge in [0.05, 0.1) is 0 Å². The zero-order valence-electron chi connectivity index (χ0n) is 14.2. The van der Waals surface area contributed by atoms with Crippen molar-refractivity contribution >= 4 is 11.8 Å². The van der Waals surface area contributed by atoms with Crippen molar-refractivity contribution in [3.8, 4) is 0 Å². The van der Waals surface area contributed by atoms with Crippen molar-refractivity contribution in [1.82, 2.24) is 10.2 Å². The Balaban J connectivity index is 2.58. The highest BCUT2D eigenvalue weighted by Crippen LogP contribution is 2.08. The van der Waals surface area contributed by atoms with Crippen LogP contribution in [0, 0.1) is 5.92 Å². The fourth-order valence-corrected chi connectivity index (χ4v) is 2.06. The van der Waals surface area contributed by atoms with Crippen LogP contribution < -0.4 is 5.32 Å². The molecule has 0 aliphatic heterocycles. The molecule has 1 aromatic rings. The normalized spacial score (nSPS) is 10.6. The Morgan fingerprint density at radius 2 is 1.73 bits per heavy atom. The number of nitrogens with zero attached hydrogens (tertiary/aromatic N) is 1. The lowest BCUT2D eigenvalue weighted by Gasteiger charge is -2.16. The van der Waals surface area contributed by atoms with Gasteiger partial charge in [-0.2, -0.15) is 0 Å². The second-order valence-electron chi connectivity index (χ2n) is 6.10. The van der Waals surface area contributed by atoms with Gasteiger partial charge in [-0.1, -0.05) is 27.2 Å². The molecular weight excluding hydrogens is 276 g/mol. The Morgan fingerprint density at radius 3 is 2.27 bits per heavy atom. The highest BCUT2D eigenvalue weighted by molar-refractivity contribution is 5.97. The van der Waals surface area contributed by atoms with Crippen molar-refractivity contribution in [1.29, 1.82) is 0 Å². The molecule has 22 heavy (non-hydrogen) atoms. The number of nitrogens with one attached hydrogen (secondary N) is 1. The number of rotatable bonds is 8. The van der Waals surface area contributed by atoms with E-state index in [1.807, 2.05) is 7.05 Å². The highest BCUT2D eigenvalue weighted by Gasteiger charge is 2.12. The lowest BCUT2D eigenvalue weighted by molar-refractivity contribution is 0.0792. The lowest BCUT2D eigenvalue weighted by Crippen LogP contribution is -2.28. The van der Waals surface area contributed by atoms with Crippen LogP contribution in [0.1, 0.15) is 60.7 Å². The molecule has 0 unspecified atom stereocenters. The molecule has 0 fully saturated rings. The summed E-state index contributed by atoms with van der Waals surface area (Å²) in [6.07, 6.45) is 3.02. The third kappa shape index (κ3) is 5.88. The zero-order chi connectivity index (χ0) is 16.5. The van der Waals surface area contributed by atoms with Crippen LogP contribution in [-0.2, 0) is 0 Å². The molecule has 0 aliphatic carbocycles. The van der Waals surface area contributed by atoms with Crippen LogP contribution in [0.3, 0.4) is 0 Å². The van der Waals surface area contributed by atoms with Crippen molar-refractivity contribution in [2.24, 2.45) is 5.92 Å². The fourth-order valence-electron chi connectivity index (χ4n) is 2.06. The summed E-state index contributed by atoms with van der Waals surface area (Å²) in [5, 5.41) is 2.90. The lowest BCUT2D eigenvalue weighted by atomic mass is 10.1. The average molecular weight is 304 g/mol. The molecule has 0 bridgehead atoms. The molecule has 0 saturated heterocycles. The smallest absolute Gasteiger partial charge is 0.253 e. The van der Waals surface area contributed by atoms with E-state index in [2.05, 4.69) is 26.1 Å². The van der Waals surface area contributed by atoms with Gasteiger partial charge in [-0.3, -0.25) is 9.59 Å². The van der Waals surface area contributed by atoms with Gasteiger partial charge in [0.2, 0.25) is 0 Å². The SMILES string of the molecule is CCCCN(C)C(=O)c1ccc(C(=O)NCCC(C)C)cc1. The van der Waals surface area contributed by atoms with Crippen molar-refractivity contribution in [2.75, 3.05) is 20.1 Å². The number of benzene rings is 1. The van der Waals surface area contributed by atoms with Crippen LogP contribution >= 0.6 is 0 Å². The summed E-state index contributed by atoms with van der Waals surface area (Å²) in [4.78, 5) is 25.9. The van der Waals surface area contributed by atoms with Gasteiger partial charge in [-0.15, -0.1) is 0 Å². The number of hydrogen-bond acceptors (Lipinski definition) is 2. The molecule has 0 aromatic heterocycles. The second kappa shape index (κ2) is 9.23. The second-order valence-corrected chi connectivity index (χ2v) is 6.10. The van der Waals surface area contributed by atoms with Gasteiger partial charge in [-0.05, 0) is 43.0 Å². The Bertz CT molecular complexity index is 480. The molecular formula is C18H28N2O2. The van der Waals surface area contributed by atoms with E-state index in [1.165, 1.54) is 0 Å². The monoisotopic (exact) mass is 304 g/mol. The van der Waals surface area contributed by atoms with Gasteiger partial charge in [-0.25, -0.2) is 0 Å². The van der Waals surface area contributed by atoms with Gasteiger partial charge >= 0.3 is 0 Å². The third-order valence-electron chi connectivity index (χ3n) is 3.60. The molecule has 0 spiro atoms. The summed E-state index contributed by atoms with van der Waals surface area (Å²) in [5.41, 5.74) is 1.22. The summed E-state index contributed by atoms with van der Waals surface area (Å²) in [6.45, 7) is 7.79. The summed E-state index contributed by atoms with van der Waals surface area (Å²) in [7, 11) is 1.81. The maximum atomic E-state index is 12.2. The van der Waals surface area contributed by atoms with E-state index < -0.39 is 0 Å². The molecule has 122 valence electrons. The molecule has 0 aliphatic rings. The van der Waals surface area contributed by atoms with Crippen LogP contribution in [0.5, 0.6) is 0 Å². The first-order valence-corrected chi connectivity index (χ1v) is 8.09. The first kappa shape index (κ1) is 18.2. The van der Waals surface area contributed by atoms with Crippen LogP contribution in [0.25, 0.3) is 0 Å². The molecule has 4 heteroatoms. The maximum absolute atomic E-state index is 12.2. The first-order chi connectivity index (χ1) is 10.5. The van der Waals surface area contributed by atoms with Gasteiger partial charge < -0.3 is 10.2 Å². The topological polar surface area (TPSA) is 49.4 Å². The van der Waals surface area contributed by atoms with Crippen LogP contribution in [-0.4, -0.2) is 36.9 Å². The van der Waals surface area contributed by atoms with E-state index in [0.717, 1.165) is 25.8 Å². The van der Waals surface area contributed by atoms with Crippen LogP contribution in [0.15, 0.2) is 24.3 Å². The van der Waals surface area contributed by atoms with Crippen molar-refractivity contribution in [3.05, 3.63) is 35.4 Å². The van der Waals surface area contributed by atoms with E-state index in [-0.39, 0.29) is 11.8 Å². The Morgan fingerprint density at radius 1 is 1.14 bits per heavy atom. The molecule has 0 saturated carbocycles. The summed E-state index contributed by atoms with van der Waals surface area (Å²) >= 11 is 0. The Kier molecular flexibility index (Phi) is 7.64. The van der Waals surface area contributed by atoms with E-state index >= 15 is 0 Å². The predicted molar refractivity (Wildman–Crippen MR) is 90.1 cm³/mol. The molecule has 0 atom stereocenters. The average Bonchev–Trinajstić information content (AvgIpc) is 2.51. The largest absolute Gasteiger partial charge is 0.352 e. The minimum Gasteiger partial charge on any atom is -0.352 e. The maximum Gasteiger partial charge on any atom is 0.253 e. The molecule has 1 rings (SSSR count).